The zero-order chi connectivity index (χ0) is 15.7. The second-order valence-corrected chi connectivity index (χ2v) is 5.58. The average Bonchev–Trinajstić information content (AvgIpc) is 3.07. The van der Waals surface area contributed by atoms with Gasteiger partial charge in [0.2, 0.25) is 0 Å². The summed E-state index contributed by atoms with van der Waals surface area (Å²) in [5.74, 6) is 0.690. The average molecular weight is 311 g/mol. The number of aliphatic hydroxyl groups excluding tert-OH is 1. The quantitative estimate of drug-likeness (QED) is 0.808. The topological polar surface area (TPSA) is 60.9 Å². The first kappa shape index (κ1) is 14.9. The summed E-state index contributed by atoms with van der Waals surface area (Å²) in [6, 6.07) is 6.77. The van der Waals surface area contributed by atoms with Crippen LogP contribution in [0.1, 0.15) is 36.4 Å². The van der Waals surface area contributed by atoms with Crippen LogP contribution < -0.4 is 5.32 Å². The van der Waals surface area contributed by atoms with Crippen molar-refractivity contribution in [2.24, 2.45) is 0 Å². The van der Waals surface area contributed by atoms with Gasteiger partial charge in [0.1, 0.15) is 0 Å². The summed E-state index contributed by atoms with van der Waals surface area (Å²) in [6.07, 6.45) is -2.32. The molecule has 3 N–H and O–H groups in total. The highest BCUT2D eigenvalue weighted by Gasteiger charge is 2.30. The largest absolute Gasteiger partial charge is 0.416 e. The van der Waals surface area contributed by atoms with Gasteiger partial charge in [-0.05, 0) is 37.5 Å². The van der Waals surface area contributed by atoms with E-state index >= 15 is 0 Å². The lowest BCUT2D eigenvalue weighted by molar-refractivity contribution is -0.137. The van der Waals surface area contributed by atoms with E-state index in [-0.39, 0.29) is 12.0 Å². The van der Waals surface area contributed by atoms with E-state index in [0.717, 1.165) is 30.7 Å². The first-order valence-electron chi connectivity index (χ1n) is 7.09. The maximum absolute atomic E-state index is 12.7. The fourth-order valence-electron chi connectivity index (χ4n) is 2.77. The molecule has 1 fully saturated rings. The molecule has 0 bridgehead atoms. The number of rotatable bonds is 3. The molecule has 1 saturated carbocycles. The molecule has 1 heterocycles. The lowest BCUT2D eigenvalue weighted by Gasteiger charge is -2.09. The molecular formula is C15H16F3N3O. The summed E-state index contributed by atoms with van der Waals surface area (Å²) in [6.45, 7) is 0. The van der Waals surface area contributed by atoms with Gasteiger partial charge in [-0.25, -0.2) is 0 Å². The van der Waals surface area contributed by atoms with Gasteiger partial charge in [-0.15, -0.1) is 0 Å². The molecule has 2 atom stereocenters. The molecule has 0 amide bonds. The van der Waals surface area contributed by atoms with Crippen LogP contribution >= 0.6 is 0 Å². The van der Waals surface area contributed by atoms with E-state index in [4.69, 9.17) is 0 Å². The van der Waals surface area contributed by atoms with Crippen molar-refractivity contribution in [2.75, 3.05) is 5.32 Å². The van der Waals surface area contributed by atoms with E-state index < -0.39 is 11.7 Å². The minimum absolute atomic E-state index is 0.222. The zero-order valence-electron chi connectivity index (χ0n) is 11.7. The molecular weight excluding hydrogens is 295 g/mol. The third kappa shape index (κ3) is 3.24. The number of nitrogens with zero attached hydrogens (tertiary/aromatic N) is 1. The molecule has 7 heteroatoms. The molecule has 1 aromatic carbocycles. The van der Waals surface area contributed by atoms with Gasteiger partial charge in [-0.2, -0.15) is 18.3 Å². The van der Waals surface area contributed by atoms with Crippen molar-refractivity contribution in [3.05, 3.63) is 41.6 Å². The van der Waals surface area contributed by atoms with Crippen LogP contribution in [0, 0.1) is 0 Å². The number of benzene rings is 1. The van der Waals surface area contributed by atoms with Gasteiger partial charge in [-0.3, -0.25) is 5.10 Å². The number of H-pyrrole nitrogens is 1. The predicted molar refractivity (Wildman–Crippen MR) is 75.9 cm³/mol. The molecule has 22 heavy (non-hydrogen) atoms. The maximum atomic E-state index is 12.7. The van der Waals surface area contributed by atoms with E-state index in [2.05, 4.69) is 15.5 Å². The second kappa shape index (κ2) is 5.64. The molecule has 1 aliphatic rings. The number of hydrogen-bond donors (Lipinski definition) is 3. The summed E-state index contributed by atoms with van der Waals surface area (Å²) in [7, 11) is 0. The number of aromatic nitrogens is 2. The molecule has 118 valence electrons. The molecule has 0 saturated heterocycles. The monoisotopic (exact) mass is 311 g/mol. The molecule has 2 aromatic rings. The fourth-order valence-corrected chi connectivity index (χ4v) is 2.77. The lowest BCUT2D eigenvalue weighted by atomic mass is 10.0. The van der Waals surface area contributed by atoms with Gasteiger partial charge in [0, 0.05) is 23.4 Å². The zero-order valence-corrected chi connectivity index (χ0v) is 11.7. The van der Waals surface area contributed by atoms with Crippen molar-refractivity contribution in [3.8, 4) is 0 Å². The summed E-state index contributed by atoms with van der Waals surface area (Å²) in [5, 5.41) is 19.4. The van der Waals surface area contributed by atoms with Gasteiger partial charge in [-0.1, -0.05) is 6.07 Å². The highest BCUT2D eigenvalue weighted by atomic mass is 19.4. The van der Waals surface area contributed by atoms with Crippen LogP contribution in [-0.4, -0.2) is 21.4 Å². The van der Waals surface area contributed by atoms with Crippen LogP contribution in [0.5, 0.6) is 0 Å². The van der Waals surface area contributed by atoms with Crippen molar-refractivity contribution in [1.29, 1.82) is 0 Å². The van der Waals surface area contributed by atoms with E-state index in [0.29, 0.717) is 17.9 Å². The third-order valence-electron chi connectivity index (χ3n) is 3.90. The van der Waals surface area contributed by atoms with E-state index in [1.807, 2.05) is 0 Å². The standard InChI is InChI=1S/C15H16F3N3O/c16-15(17,18)10-2-1-3-11(7-10)19-14-8-13(20-21-14)9-4-5-12(22)6-9/h1-3,7-9,12,22H,4-6H2,(H2,19,20,21)/t9-,12-/m1/s1. The van der Waals surface area contributed by atoms with Crippen molar-refractivity contribution in [2.45, 2.75) is 37.5 Å². The second-order valence-electron chi connectivity index (χ2n) is 5.58. The van der Waals surface area contributed by atoms with Crippen LogP contribution in [0.3, 0.4) is 0 Å². The lowest BCUT2D eigenvalue weighted by Crippen LogP contribution is -2.05. The third-order valence-corrected chi connectivity index (χ3v) is 3.90. The summed E-state index contributed by atoms with van der Waals surface area (Å²) < 4.78 is 38.0. The molecule has 1 aliphatic carbocycles. The fraction of sp³-hybridized carbons (Fsp3) is 0.400. The predicted octanol–water partition coefficient (Wildman–Crippen LogP) is 3.80. The smallest absolute Gasteiger partial charge is 0.393 e. The number of halogens is 3. The highest BCUT2D eigenvalue weighted by Crippen LogP contribution is 2.35. The summed E-state index contributed by atoms with van der Waals surface area (Å²) in [4.78, 5) is 0. The number of aromatic amines is 1. The van der Waals surface area contributed by atoms with Crippen molar-refractivity contribution in [3.63, 3.8) is 0 Å². The Morgan fingerprint density at radius 1 is 1.23 bits per heavy atom. The first-order valence-corrected chi connectivity index (χ1v) is 7.09. The Balaban J connectivity index is 1.73. The number of aliphatic hydroxyl groups is 1. The molecule has 0 spiro atoms. The minimum atomic E-state index is -4.37. The number of alkyl halides is 3. The van der Waals surface area contributed by atoms with Gasteiger partial charge in [0.15, 0.2) is 5.82 Å². The summed E-state index contributed by atoms with van der Waals surface area (Å²) in [5.41, 5.74) is 0.525. The van der Waals surface area contributed by atoms with E-state index in [1.54, 1.807) is 12.1 Å². The molecule has 1 aromatic heterocycles. The Bertz CT molecular complexity index is 653. The van der Waals surface area contributed by atoms with Crippen LogP contribution in [0.4, 0.5) is 24.7 Å². The first-order chi connectivity index (χ1) is 10.4. The molecule has 3 rings (SSSR count). The van der Waals surface area contributed by atoms with Crippen molar-refractivity contribution < 1.29 is 18.3 Å². The minimum Gasteiger partial charge on any atom is -0.393 e. The number of hydrogen-bond acceptors (Lipinski definition) is 3. The maximum Gasteiger partial charge on any atom is 0.416 e. The van der Waals surface area contributed by atoms with Crippen molar-refractivity contribution >= 4 is 11.5 Å². The molecule has 0 unspecified atom stereocenters. The molecule has 0 aliphatic heterocycles. The number of nitrogens with one attached hydrogen (secondary N) is 2. The van der Waals surface area contributed by atoms with Gasteiger partial charge < -0.3 is 10.4 Å². The Labute approximate surface area is 125 Å². The SMILES string of the molecule is O[C@@H]1CC[C@@H](c2cc(Nc3cccc(C(F)(F)F)c3)n[nH]2)C1. The Kier molecular flexibility index (Phi) is 3.82. The Morgan fingerprint density at radius 3 is 2.73 bits per heavy atom. The van der Waals surface area contributed by atoms with Crippen LogP contribution in [-0.2, 0) is 6.18 Å². The van der Waals surface area contributed by atoms with Crippen LogP contribution in [0.2, 0.25) is 0 Å². The van der Waals surface area contributed by atoms with Crippen molar-refractivity contribution in [1.82, 2.24) is 10.2 Å². The summed E-state index contributed by atoms with van der Waals surface area (Å²) >= 11 is 0. The Morgan fingerprint density at radius 2 is 2.05 bits per heavy atom. The van der Waals surface area contributed by atoms with Crippen LogP contribution in [0.15, 0.2) is 30.3 Å². The normalized spacial score (nSPS) is 22.0. The van der Waals surface area contributed by atoms with E-state index in [9.17, 15) is 18.3 Å². The van der Waals surface area contributed by atoms with Gasteiger partial charge >= 0.3 is 6.18 Å². The number of anilines is 2. The van der Waals surface area contributed by atoms with E-state index in [1.165, 1.54) is 6.07 Å². The van der Waals surface area contributed by atoms with Crippen LogP contribution in [0.25, 0.3) is 0 Å². The Hall–Kier alpha value is -2.02. The molecule has 0 radical (unpaired) electrons. The van der Waals surface area contributed by atoms with Gasteiger partial charge in [0.05, 0.1) is 11.7 Å². The highest BCUT2D eigenvalue weighted by molar-refractivity contribution is 5.57. The molecule has 4 nitrogen and oxygen atoms in total. The van der Waals surface area contributed by atoms with Gasteiger partial charge in [0.25, 0.3) is 0 Å².